The van der Waals surface area contributed by atoms with Crippen LogP contribution in [0.1, 0.15) is 26.7 Å². The predicted octanol–water partition coefficient (Wildman–Crippen LogP) is 0.757. The highest BCUT2D eigenvalue weighted by Crippen LogP contribution is 2.21. The van der Waals surface area contributed by atoms with Gasteiger partial charge in [0.15, 0.2) is 0 Å². The summed E-state index contributed by atoms with van der Waals surface area (Å²) in [5, 5.41) is 12.3. The summed E-state index contributed by atoms with van der Waals surface area (Å²) in [4.78, 5) is 0. The van der Waals surface area contributed by atoms with Gasteiger partial charge in [0.25, 0.3) is 0 Å². The molecule has 0 atom stereocenters. The molecule has 0 spiro atoms. The number of aliphatic hydroxyl groups excluding tert-OH is 1. The standard InChI is InChI=1S/C8H17NO/c1-8(2,6-10)5-9-7-3-4-7/h7,9-10H,3-6H2,1-2H3. The summed E-state index contributed by atoms with van der Waals surface area (Å²) in [6.45, 7) is 5.35. The lowest BCUT2D eigenvalue weighted by Gasteiger charge is -2.21. The second kappa shape index (κ2) is 2.89. The van der Waals surface area contributed by atoms with Gasteiger partial charge in [-0.05, 0) is 12.8 Å². The Morgan fingerprint density at radius 2 is 2.10 bits per heavy atom. The lowest BCUT2D eigenvalue weighted by atomic mass is 9.95. The van der Waals surface area contributed by atoms with Gasteiger partial charge in [0.1, 0.15) is 0 Å². The van der Waals surface area contributed by atoms with Crippen LogP contribution in [0.15, 0.2) is 0 Å². The first-order valence-corrected chi connectivity index (χ1v) is 3.98. The van der Waals surface area contributed by atoms with Crippen molar-refractivity contribution >= 4 is 0 Å². The van der Waals surface area contributed by atoms with Crippen molar-refractivity contribution in [3.8, 4) is 0 Å². The van der Waals surface area contributed by atoms with Crippen LogP contribution in [0.5, 0.6) is 0 Å². The SMILES string of the molecule is CC(C)(CO)CNC1CC1. The summed E-state index contributed by atoms with van der Waals surface area (Å²) in [6.07, 6.45) is 2.64. The molecule has 10 heavy (non-hydrogen) atoms. The van der Waals surface area contributed by atoms with Crippen LogP contribution >= 0.6 is 0 Å². The third-order valence-corrected chi connectivity index (χ3v) is 1.87. The van der Waals surface area contributed by atoms with Crippen LogP contribution in [0.3, 0.4) is 0 Å². The third kappa shape index (κ3) is 2.67. The van der Waals surface area contributed by atoms with E-state index in [0.717, 1.165) is 12.6 Å². The van der Waals surface area contributed by atoms with Crippen LogP contribution in [-0.4, -0.2) is 24.3 Å². The molecule has 2 N–H and O–H groups in total. The first-order chi connectivity index (χ1) is 4.64. The van der Waals surface area contributed by atoms with E-state index in [1.54, 1.807) is 0 Å². The van der Waals surface area contributed by atoms with Crippen LogP contribution in [0.4, 0.5) is 0 Å². The maximum atomic E-state index is 8.89. The summed E-state index contributed by atoms with van der Waals surface area (Å²) >= 11 is 0. The minimum Gasteiger partial charge on any atom is -0.396 e. The van der Waals surface area contributed by atoms with E-state index in [0.29, 0.717) is 0 Å². The second-order valence-electron chi connectivity index (χ2n) is 3.98. The van der Waals surface area contributed by atoms with Crippen LogP contribution in [0, 0.1) is 5.41 Å². The van der Waals surface area contributed by atoms with Gasteiger partial charge in [-0.1, -0.05) is 13.8 Å². The molecule has 1 aliphatic carbocycles. The first kappa shape index (κ1) is 8.02. The summed E-state index contributed by atoms with van der Waals surface area (Å²) in [6, 6.07) is 0.755. The van der Waals surface area contributed by atoms with E-state index >= 15 is 0 Å². The van der Waals surface area contributed by atoms with E-state index in [-0.39, 0.29) is 12.0 Å². The van der Waals surface area contributed by atoms with Gasteiger partial charge in [-0.2, -0.15) is 0 Å². The van der Waals surface area contributed by atoms with E-state index in [1.165, 1.54) is 12.8 Å². The third-order valence-electron chi connectivity index (χ3n) is 1.87. The molecule has 1 fully saturated rings. The van der Waals surface area contributed by atoms with Crippen molar-refractivity contribution in [2.75, 3.05) is 13.2 Å². The Bertz CT molecular complexity index is 108. The van der Waals surface area contributed by atoms with Gasteiger partial charge in [0.05, 0.1) is 0 Å². The number of aliphatic hydroxyl groups is 1. The second-order valence-corrected chi connectivity index (χ2v) is 3.98. The van der Waals surface area contributed by atoms with Crippen LogP contribution in [0.25, 0.3) is 0 Å². The maximum absolute atomic E-state index is 8.89. The Morgan fingerprint density at radius 1 is 1.50 bits per heavy atom. The Balaban J connectivity index is 2.09. The molecule has 1 aliphatic rings. The molecule has 0 bridgehead atoms. The van der Waals surface area contributed by atoms with Gasteiger partial charge >= 0.3 is 0 Å². The first-order valence-electron chi connectivity index (χ1n) is 3.98. The molecule has 1 rings (SSSR count). The molecule has 0 radical (unpaired) electrons. The molecule has 2 heteroatoms. The van der Waals surface area contributed by atoms with Crippen molar-refractivity contribution in [2.45, 2.75) is 32.7 Å². The fourth-order valence-corrected chi connectivity index (χ4v) is 0.764. The Morgan fingerprint density at radius 3 is 2.50 bits per heavy atom. The van der Waals surface area contributed by atoms with Crippen molar-refractivity contribution in [3.05, 3.63) is 0 Å². The number of hydrogen-bond acceptors (Lipinski definition) is 2. The molecule has 60 valence electrons. The minimum absolute atomic E-state index is 0.0581. The summed E-state index contributed by atoms with van der Waals surface area (Å²) in [5.41, 5.74) is 0.0581. The number of hydrogen-bond donors (Lipinski definition) is 2. The van der Waals surface area contributed by atoms with Crippen molar-refractivity contribution < 1.29 is 5.11 Å². The molecule has 0 aromatic heterocycles. The Kier molecular flexibility index (Phi) is 2.32. The van der Waals surface area contributed by atoms with Crippen LogP contribution < -0.4 is 5.32 Å². The molecular formula is C8H17NO. The van der Waals surface area contributed by atoms with Gasteiger partial charge in [0.2, 0.25) is 0 Å². The molecule has 0 unspecified atom stereocenters. The van der Waals surface area contributed by atoms with Crippen LogP contribution in [0.2, 0.25) is 0 Å². The molecule has 0 heterocycles. The molecular weight excluding hydrogens is 126 g/mol. The molecule has 0 amide bonds. The monoisotopic (exact) mass is 143 g/mol. The van der Waals surface area contributed by atoms with Crippen molar-refractivity contribution in [1.29, 1.82) is 0 Å². The van der Waals surface area contributed by atoms with Crippen molar-refractivity contribution in [2.24, 2.45) is 5.41 Å². The van der Waals surface area contributed by atoms with Gasteiger partial charge in [0, 0.05) is 24.6 Å². The number of nitrogens with one attached hydrogen (secondary N) is 1. The van der Waals surface area contributed by atoms with E-state index in [2.05, 4.69) is 19.2 Å². The fourth-order valence-electron chi connectivity index (χ4n) is 0.764. The zero-order valence-corrected chi connectivity index (χ0v) is 6.85. The molecule has 2 nitrogen and oxygen atoms in total. The summed E-state index contributed by atoms with van der Waals surface area (Å²) < 4.78 is 0. The Hall–Kier alpha value is -0.0800. The average Bonchev–Trinajstić information content (AvgIpc) is 2.66. The molecule has 0 aliphatic heterocycles. The highest BCUT2D eigenvalue weighted by Gasteiger charge is 2.24. The largest absolute Gasteiger partial charge is 0.396 e. The normalized spacial score (nSPS) is 19.5. The average molecular weight is 143 g/mol. The highest BCUT2D eigenvalue weighted by atomic mass is 16.3. The number of rotatable bonds is 4. The maximum Gasteiger partial charge on any atom is 0.0494 e. The quantitative estimate of drug-likeness (QED) is 0.609. The van der Waals surface area contributed by atoms with Crippen molar-refractivity contribution in [3.63, 3.8) is 0 Å². The van der Waals surface area contributed by atoms with Gasteiger partial charge in [-0.3, -0.25) is 0 Å². The van der Waals surface area contributed by atoms with Gasteiger partial charge in [-0.15, -0.1) is 0 Å². The van der Waals surface area contributed by atoms with E-state index < -0.39 is 0 Å². The summed E-state index contributed by atoms with van der Waals surface area (Å²) in [5.74, 6) is 0. The minimum atomic E-state index is 0.0581. The molecule has 1 saturated carbocycles. The molecule has 0 aromatic rings. The zero-order chi connectivity index (χ0) is 7.61. The van der Waals surface area contributed by atoms with Gasteiger partial charge < -0.3 is 10.4 Å². The summed E-state index contributed by atoms with van der Waals surface area (Å²) in [7, 11) is 0. The van der Waals surface area contributed by atoms with Crippen molar-refractivity contribution in [1.82, 2.24) is 5.32 Å². The predicted molar refractivity (Wildman–Crippen MR) is 41.9 cm³/mol. The highest BCUT2D eigenvalue weighted by molar-refractivity contribution is 4.83. The van der Waals surface area contributed by atoms with E-state index in [4.69, 9.17) is 5.11 Å². The smallest absolute Gasteiger partial charge is 0.0494 e. The van der Waals surface area contributed by atoms with Gasteiger partial charge in [-0.25, -0.2) is 0 Å². The lowest BCUT2D eigenvalue weighted by molar-refractivity contribution is 0.156. The topological polar surface area (TPSA) is 32.3 Å². The van der Waals surface area contributed by atoms with E-state index in [9.17, 15) is 0 Å². The van der Waals surface area contributed by atoms with Crippen LogP contribution in [-0.2, 0) is 0 Å². The molecule has 0 aromatic carbocycles. The molecule has 0 saturated heterocycles. The van der Waals surface area contributed by atoms with E-state index in [1.807, 2.05) is 0 Å². The zero-order valence-electron chi connectivity index (χ0n) is 6.85. The fraction of sp³-hybridized carbons (Fsp3) is 1.00. The lowest BCUT2D eigenvalue weighted by Crippen LogP contribution is -2.33. The Labute approximate surface area is 62.6 Å².